The molecule has 0 radical (unpaired) electrons. The summed E-state index contributed by atoms with van der Waals surface area (Å²) < 4.78 is 83.8. The van der Waals surface area contributed by atoms with Crippen molar-refractivity contribution in [2.45, 2.75) is 132 Å². The Balaban J connectivity index is 1.12. The molecule has 0 aliphatic carbocycles. The Labute approximate surface area is 556 Å². The Morgan fingerprint density at radius 3 is 1.33 bits per heavy atom. The number of ether oxygens (including phenoxy) is 13. The van der Waals surface area contributed by atoms with E-state index in [-0.39, 0.29) is 28.1 Å². The number of rotatable bonds is 24. The number of nitro benzene ring substituents is 1. The number of hydrogen-bond acceptors (Lipinski definition) is 23. The lowest BCUT2D eigenvalue weighted by Gasteiger charge is -2.50. The minimum absolute atomic E-state index is 0.0155. The normalized spacial score (nSPS) is 25.4. The highest BCUT2D eigenvalue weighted by Gasteiger charge is 2.60. The summed E-state index contributed by atoms with van der Waals surface area (Å²) in [7, 11) is 0. The van der Waals surface area contributed by atoms with Crippen molar-refractivity contribution in [1.82, 2.24) is 5.32 Å². The number of esters is 6. The van der Waals surface area contributed by atoms with Crippen LogP contribution in [0.2, 0.25) is 0 Å². The summed E-state index contributed by atoms with van der Waals surface area (Å²) in [6, 6.07) is 54.1. The summed E-state index contributed by atoms with van der Waals surface area (Å²) in [5, 5.41) is 27.9. The van der Waals surface area contributed by atoms with Crippen molar-refractivity contribution in [1.29, 1.82) is 0 Å². The fourth-order valence-corrected chi connectivity index (χ4v) is 11.7. The molecule has 15 atom stereocenters. The predicted octanol–water partition coefficient (Wildman–Crippen LogP) is 7.92. The van der Waals surface area contributed by atoms with E-state index in [4.69, 9.17) is 61.6 Å². The quantitative estimate of drug-likeness (QED) is 0.0191. The van der Waals surface area contributed by atoms with E-state index in [0.717, 1.165) is 27.7 Å². The number of aliphatic hydroxyl groups is 1. The summed E-state index contributed by atoms with van der Waals surface area (Å²) >= 11 is 0. The molecule has 0 bridgehead atoms. The molecule has 0 aromatic heterocycles. The molecular weight excluding hydrogens is 1260 g/mol. The lowest BCUT2D eigenvalue weighted by atomic mass is 9.80. The van der Waals surface area contributed by atoms with Crippen molar-refractivity contribution in [3.05, 3.63) is 250 Å². The van der Waals surface area contributed by atoms with Gasteiger partial charge in [0.15, 0.2) is 49.2 Å². The van der Waals surface area contributed by atoms with Crippen LogP contribution in [0.5, 0.6) is 5.75 Å². The van der Waals surface area contributed by atoms with Gasteiger partial charge in [0.1, 0.15) is 48.4 Å². The molecule has 3 saturated heterocycles. The molecule has 2 N–H and O–H groups in total. The number of non-ortho nitro benzene ring substituents is 1. The molecule has 97 heavy (non-hydrogen) atoms. The van der Waals surface area contributed by atoms with Gasteiger partial charge in [0.25, 0.3) is 5.69 Å². The average molecular weight is 1330 g/mol. The lowest BCUT2D eigenvalue weighted by molar-refractivity contribution is -0.384. The molecule has 3 aliphatic heterocycles. The Morgan fingerprint density at radius 1 is 0.464 bits per heavy atom. The summed E-state index contributed by atoms with van der Waals surface area (Å²) in [5.74, 6) is -6.53. The molecule has 15 unspecified atom stereocenters. The molecule has 10 rings (SSSR count). The number of nitro groups is 1. The van der Waals surface area contributed by atoms with E-state index in [1.807, 2.05) is 91.0 Å². The van der Waals surface area contributed by atoms with Crippen LogP contribution in [-0.2, 0) is 81.6 Å². The molecule has 7 aromatic carbocycles. The van der Waals surface area contributed by atoms with Crippen molar-refractivity contribution in [3.8, 4) is 5.75 Å². The van der Waals surface area contributed by atoms with Crippen molar-refractivity contribution >= 4 is 47.4 Å². The number of hydrogen-bond donors (Lipinski definition) is 2. The van der Waals surface area contributed by atoms with E-state index in [1.165, 1.54) is 67.6 Å². The number of nitrogens with one attached hydrogen (secondary N) is 1. The van der Waals surface area contributed by atoms with Crippen LogP contribution in [0.1, 0.15) is 82.4 Å². The highest BCUT2D eigenvalue weighted by atomic mass is 16.8. The topological polar surface area (TPSA) is 315 Å². The average Bonchev–Trinajstić information content (AvgIpc) is 0.768. The van der Waals surface area contributed by atoms with Crippen LogP contribution in [0, 0.1) is 10.1 Å². The van der Waals surface area contributed by atoms with Gasteiger partial charge in [0, 0.05) is 39.8 Å². The van der Waals surface area contributed by atoms with Gasteiger partial charge in [-0.3, -0.25) is 29.3 Å². The fourth-order valence-electron chi connectivity index (χ4n) is 11.7. The van der Waals surface area contributed by atoms with Crippen molar-refractivity contribution < 1.29 is 105 Å². The first kappa shape index (κ1) is 69.6. The van der Waals surface area contributed by atoms with Crippen LogP contribution in [0.25, 0.3) is 0 Å². The zero-order chi connectivity index (χ0) is 68.8. The van der Waals surface area contributed by atoms with Gasteiger partial charge < -0.3 is 72.0 Å². The summed E-state index contributed by atoms with van der Waals surface area (Å²) in [4.78, 5) is 108. The Hall–Kier alpha value is -10.3. The molecule has 0 spiro atoms. The van der Waals surface area contributed by atoms with Crippen molar-refractivity contribution in [2.24, 2.45) is 0 Å². The largest absolute Gasteiger partial charge is 0.463 e. The molecule has 506 valence electrons. The molecule has 3 fully saturated rings. The van der Waals surface area contributed by atoms with Gasteiger partial charge in [0.05, 0.1) is 34.3 Å². The third kappa shape index (κ3) is 16.9. The maximum absolute atomic E-state index is 14.6. The first-order chi connectivity index (χ1) is 46.8. The molecule has 1 amide bonds. The first-order valence-corrected chi connectivity index (χ1v) is 31.0. The number of amides is 1. The number of aliphatic hydroxyl groups excluding tert-OH is 1. The van der Waals surface area contributed by atoms with E-state index in [0.29, 0.717) is 16.7 Å². The molecule has 7 aromatic rings. The van der Waals surface area contributed by atoms with Crippen LogP contribution >= 0.6 is 0 Å². The molecular formula is C72H70N2O23. The SMILES string of the molecule is CC(=O)NC1C(Oc2ccc([N+](=O)[O-])cc2)OC(COC(c2ccccc2)(c2ccccc2)c2ccccc2)C(O)C1OC1OC(COC(C)=O)C(OC(C)=O)C(OC(C)=O)C1OC1OC(C)C(OC(=O)c2ccccc2)C(OC(=O)c2ccccc2)C1OC(=O)c1ccccc1. The monoisotopic (exact) mass is 1330 g/mol. The highest BCUT2D eigenvalue weighted by Crippen LogP contribution is 2.43. The second-order valence-electron chi connectivity index (χ2n) is 22.8. The van der Waals surface area contributed by atoms with Gasteiger partial charge in [-0.2, -0.15) is 0 Å². The van der Waals surface area contributed by atoms with Gasteiger partial charge in [0.2, 0.25) is 12.2 Å². The predicted molar refractivity (Wildman–Crippen MR) is 339 cm³/mol. The van der Waals surface area contributed by atoms with Crippen molar-refractivity contribution in [2.75, 3.05) is 13.2 Å². The van der Waals surface area contributed by atoms with Gasteiger partial charge >= 0.3 is 35.8 Å². The Kier molecular flexibility index (Phi) is 22.9. The number of carbonyl (C=O) groups excluding carboxylic acids is 7. The van der Waals surface area contributed by atoms with Gasteiger partial charge in [-0.05, 0) is 72.1 Å². The zero-order valence-corrected chi connectivity index (χ0v) is 53.1. The first-order valence-electron chi connectivity index (χ1n) is 31.0. The van der Waals surface area contributed by atoms with E-state index >= 15 is 0 Å². The number of nitrogens with zero attached hydrogens (tertiary/aromatic N) is 1. The Morgan fingerprint density at radius 2 is 0.876 bits per heavy atom. The standard InChI is InChI=1S/C72H70N2O23/c1-42-59(93-66(80)47-24-12-6-13-25-47)62(94-67(81)48-26-14-7-15-27-48)64(95-68(82)49-28-16-8-17-29-49)70(87-42)97-65-63(89-46(5)78)60(88-45(4)77)56(40-85-44(3)76)92-71(65)96-61-57(73-43(2)75)69(90-54-38-36-53(37-39-54)74(83)84)91-55(58(61)79)41-86-72(50-30-18-9-19-31-50,51-32-20-10-21-33-51)52-34-22-11-23-35-52/h6-39,42,55-65,69-71,79H,40-41H2,1-5H3,(H,73,75). The molecule has 3 heterocycles. The molecule has 0 saturated carbocycles. The Bertz CT molecular complexity index is 3720. The second kappa shape index (κ2) is 32.0. The van der Waals surface area contributed by atoms with Gasteiger partial charge in [-0.1, -0.05) is 146 Å². The second-order valence-corrected chi connectivity index (χ2v) is 22.8. The molecule has 25 nitrogen and oxygen atoms in total. The lowest BCUT2D eigenvalue weighted by Crippen LogP contribution is -2.70. The number of carbonyl (C=O) groups is 7. The summed E-state index contributed by atoms with van der Waals surface area (Å²) in [6.45, 7) is 4.48. The molecule has 3 aliphatic rings. The van der Waals surface area contributed by atoms with Gasteiger partial charge in [-0.15, -0.1) is 0 Å². The maximum atomic E-state index is 14.6. The third-order valence-electron chi connectivity index (χ3n) is 16.1. The van der Waals surface area contributed by atoms with Crippen molar-refractivity contribution in [3.63, 3.8) is 0 Å². The van der Waals surface area contributed by atoms with Crippen LogP contribution in [0.15, 0.2) is 206 Å². The van der Waals surface area contributed by atoms with E-state index in [9.17, 15) is 48.8 Å². The number of benzene rings is 7. The van der Waals surface area contributed by atoms with Crippen LogP contribution in [-0.4, -0.2) is 157 Å². The maximum Gasteiger partial charge on any atom is 0.338 e. The zero-order valence-electron chi connectivity index (χ0n) is 53.1. The summed E-state index contributed by atoms with van der Waals surface area (Å²) in [5.41, 5.74) is 0.274. The third-order valence-corrected chi connectivity index (χ3v) is 16.1. The van der Waals surface area contributed by atoms with Gasteiger partial charge in [-0.25, -0.2) is 14.4 Å². The van der Waals surface area contributed by atoms with Crippen LogP contribution in [0.3, 0.4) is 0 Å². The highest BCUT2D eigenvalue weighted by molar-refractivity contribution is 5.91. The molecule has 25 heteroatoms. The minimum atomic E-state index is -2.12. The van der Waals surface area contributed by atoms with Crippen LogP contribution < -0.4 is 10.1 Å². The van der Waals surface area contributed by atoms with E-state index in [1.54, 1.807) is 54.6 Å². The van der Waals surface area contributed by atoms with E-state index < -0.39 is 158 Å². The van der Waals surface area contributed by atoms with Crippen LogP contribution in [0.4, 0.5) is 5.69 Å². The smallest absolute Gasteiger partial charge is 0.338 e. The minimum Gasteiger partial charge on any atom is -0.463 e. The summed E-state index contributed by atoms with van der Waals surface area (Å²) in [6.07, 6.45) is -25.5. The fraction of sp³-hybridized carbons (Fsp3) is 0.319. The van der Waals surface area contributed by atoms with E-state index in [2.05, 4.69) is 5.32 Å².